The Morgan fingerprint density at radius 3 is 3.16 bits per heavy atom. The molecule has 0 saturated carbocycles. The Morgan fingerprint density at radius 2 is 2.37 bits per heavy atom. The predicted octanol–water partition coefficient (Wildman–Crippen LogP) is 0.970. The van der Waals surface area contributed by atoms with Gasteiger partial charge in [0.25, 0.3) is 0 Å². The molecule has 0 fully saturated rings. The third-order valence-electron chi connectivity index (χ3n) is 2.52. The molecule has 0 saturated heterocycles. The van der Waals surface area contributed by atoms with Crippen LogP contribution < -0.4 is 10.1 Å². The van der Waals surface area contributed by atoms with Crippen LogP contribution in [-0.4, -0.2) is 28.1 Å². The van der Waals surface area contributed by atoms with Crippen LogP contribution in [0.2, 0.25) is 0 Å². The molecule has 1 aromatic carbocycles. The molecule has 1 N–H and O–H groups in total. The van der Waals surface area contributed by atoms with Crippen LogP contribution in [0, 0.1) is 11.3 Å². The van der Waals surface area contributed by atoms with E-state index in [9.17, 15) is 0 Å². The molecule has 1 heterocycles. The van der Waals surface area contributed by atoms with Crippen molar-refractivity contribution in [3.05, 3.63) is 42.2 Å². The maximum absolute atomic E-state index is 8.46. The maximum Gasteiger partial charge on any atom is 0.174 e. The summed E-state index contributed by atoms with van der Waals surface area (Å²) in [6.45, 7) is 2.42. The van der Waals surface area contributed by atoms with E-state index in [-0.39, 0.29) is 6.61 Å². The van der Waals surface area contributed by atoms with Gasteiger partial charge < -0.3 is 10.1 Å². The molecule has 0 amide bonds. The second kappa shape index (κ2) is 7.13. The SMILES string of the molecule is N#CCOc1cccc(CNCCn2ccnn2)c1. The van der Waals surface area contributed by atoms with Crippen molar-refractivity contribution >= 4 is 0 Å². The summed E-state index contributed by atoms with van der Waals surface area (Å²) >= 11 is 0. The minimum atomic E-state index is 0.0726. The largest absolute Gasteiger partial charge is 0.479 e. The fourth-order valence-electron chi connectivity index (χ4n) is 1.64. The van der Waals surface area contributed by atoms with Gasteiger partial charge in [-0.05, 0) is 17.7 Å². The summed E-state index contributed by atoms with van der Waals surface area (Å²) in [5.41, 5.74) is 1.12. The van der Waals surface area contributed by atoms with Crippen LogP contribution in [0.5, 0.6) is 5.75 Å². The van der Waals surface area contributed by atoms with E-state index in [1.54, 1.807) is 10.9 Å². The summed E-state index contributed by atoms with van der Waals surface area (Å²) in [5, 5.41) is 19.4. The molecule has 98 valence electrons. The lowest BCUT2D eigenvalue weighted by atomic mass is 10.2. The minimum absolute atomic E-state index is 0.0726. The van der Waals surface area contributed by atoms with Gasteiger partial charge in [-0.25, -0.2) is 0 Å². The van der Waals surface area contributed by atoms with Gasteiger partial charge in [0.1, 0.15) is 11.8 Å². The molecule has 0 atom stereocenters. The standard InChI is InChI=1S/C13H15N5O/c14-4-9-19-13-3-1-2-12(10-13)11-15-5-7-18-8-6-16-17-18/h1-3,6,8,10,15H,5,7,9,11H2. The highest BCUT2D eigenvalue weighted by Gasteiger charge is 1.97. The first-order valence-corrected chi connectivity index (χ1v) is 6.02. The fourth-order valence-corrected chi connectivity index (χ4v) is 1.64. The van der Waals surface area contributed by atoms with Crippen LogP contribution in [0.1, 0.15) is 5.56 Å². The molecule has 0 unspecified atom stereocenters. The van der Waals surface area contributed by atoms with Gasteiger partial charge in [-0.2, -0.15) is 5.26 Å². The number of hydrogen-bond donors (Lipinski definition) is 1. The Kier molecular flexibility index (Phi) is 4.90. The van der Waals surface area contributed by atoms with Crippen LogP contribution in [-0.2, 0) is 13.1 Å². The normalized spacial score (nSPS) is 10.1. The van der Waals surface area contributed by atoms with E-state index in [1.165, 1.54) is 0 Å². The fraction of sp³-hybridized carbons (Fsp3) is 0.308. The molecular formula is C13H15N5O. The number of rotatable bonds is 7. The monoisotopic (exact) mass is 257 g/mol. The van der Waals surface area contributed by atoms with E-state index >= 15 is 0 Å². The van der Waals surface area contributed by atoms with Gasteiger partial charge in [-0.1, -0.05) is 17.3 Å². The molecule has 19 heavy (non-hydrogen) atoms. The lowest BCUT2D eigenvalue weighted by molar-refractivity contribution is 0.367. The molecule has 6 nitrogen and oxygen atoms in total. The van der Waals surface area contributed by atoms with E-state index in [1.807, 2.05) is 36.5 Å². The Balaban J connectivity index is 1.74. The van der Waals surface area contributed by atoms with Crippen molar-refractivity contribution in [3.63, 3.8) is 0 Å². The molecule has 6 heteroatoms. The zero-order valence-corrected chi connectivity index (χ0v) is 10.5. The lowest BCUT2D eigenvalue weighted by Crippen LogP contribution is -2.19. The van der Waals surface area contributed by atoms with Crippen molar-refractivity contribution < 1.29 is 4.74 Å². The summed E-state index contributed by atoms with van der Waals surface area (Å²) in [7, 11) is 0. The summed E-state index contributed by atoms with van der Waals surface area (Å²) in [5.74, 6) is 0.720. The second-order valence-electron chi connectivity index (χ2n) is 3.94. The Morgan fingerprint density at radius 1 is 1.42 bits per heavy atom. The zero-order valence-electron chi connectivity index (χ0n) is 10.5. The lowest BCUT2D eigenvalue weighted by Gasteiger charge is -2.07. The van der Waals surface area contributed by atoms with Gasteiger partial charge in [0.15, 0.2) is 6.61 Å². The summed E-state index contributed by atoms with van der Waals surface area (Å²) in [6.07, 6.45) is 3.49. The highest BCUT2D eigenvalue weighted by Crippen LogP contribution is 2.12. The Hall–Kier alpha value is -2.39. The van der Waals surface area contributed by atoms with Gasteiger partial charge in [0, 0.05) is 19.3 Å². The highest BCUT2D eigenvalue weighted by atomic mass is 16.5. The van der Waals surface area contributed by atoms with Crippen LogP contribution in [0.25, 0.3) is 0 Å². The van der Waals surface area contributed by atoms with E-state index in [0.717, 1.165) is 30.9 Å². The molecule has 0 bridgehead atoms. The highest BCUT2D eigenvalue weighted by molar-refractivity contribution is 5.28. The van der Waals surface area contributed by atoms with Crippen molar-refractivity contribution in [2.45, 2.75) is 13.1 Å². The second-order valence-corrected chi connectivity index (χ2v) is 3.94. The number of aromatic nitrogens is 3. The number of nitrogens with zero attached hydrogens (tertiary/aromatic N) is 4. The van der Waals surface area contributed by atoms with Gasteiger partial charge in [0.2, 0.25) is 0 Å². The zero-order chi connectivity index (χ0) is 13.3. The quantitative estimate of drug-likeness (QED) is 0.748. The van der Waals surface area contributed by atoms with Crippen molar-refractivity contribution in [2.24, 2.45) is 0 Å². The van der Waals surface area contributed by atoms with Crippen LogP contribution in [0.15, 0.2) is 36.7 Å². The van der Waals surface area contributed by atoms with Crippen LogP contribution in [0.4, 0.5) is 0 Å². The summed E-state index contributed by atoms with van der Waals surface area (Å²) < 4.78 is 7.03. The van der Waals surface area contributed by atoms with E-state index < -0.39 is 0 Å². The van der Waals surface area contributed by atoms with Crippen molar-refractivity contribution in [2.75, 3.05) is 13.2 Å². The van der Waals surface area contributed by atoms with Gasteiger partial charge in [-0.3, -0.25) is 4.68 Å². The van der Waals surface area contributed by atoms with Gasteiger partial charge in [0.05, 0.1) is 12.7 Å². The maximum atomic E-state index is 8.46. The number of nitriles is 1. The molecule has 2 aromatic rings. The molecule has 0 spiro atoms. The van der Waals surface area contributed by atoms with E-state index in [0.29, 0.717) is 0 Å². The van der Waals surface area contributed by atoms with Gasteiger partial charge >= 0.3 is 0 Å². The van der Waals surface area contributed by atoms with Crippen molar-refractivity contribution in [3.8, 4) is 11.8 Å². The molecule has 0 aliphatic rings. The van der Waals surface area contributed by atoms with Gasteiger partial charge in [-0.15, -0.1) is 5.10 Å². The van der Waals surface area contributed by atoms with E-state index in [4.69, 9.17) is 10.00 Å². The Labute approximate surface area is 111 Å². The van der Waals surface area contributed by atoms with Crippen LogP contribution >= 0.6 is 0 Å². The third-order valence-corrected chi connectivity index (χ3v) is 2.52. The molecule has 0 radical (unpaired) electrons. The number of hydrogen-bond acceptors (Lipinski definition) is 5. The smallest absolute Gasteiger partial charge is 0.174 e. The summed E-state index contributed by atoms with van der Waals surface area (Å²) in [4.78, 5) is 0. The number of nitrogens with one attached hydrogen (secondary N) is 1. The first-order valence-electron chi connectivity index (χ1n) is 6.02. The third kappa shape index (κ3) is 4.41. The minimum Gasteiger partial charge on any atom is -0.479 e. The molecular weight excluding hydrogens is 242 g/mol. The molecule has 2 rings (SSSR count). The Bertz CT molecular complexity index is 532. The number of ether oxygens (including phenoxy) is 1. The molecule has 0 aliphatic heterocycles. The average molecular weight is 257 g/mol. The first kappa shape index (κ1) is 13.1. The molecule has 0 aliphatic carbocycles. The van der Waals surface area contributed by atoms with Crippen LogP contribution in [0.3, 0.4) is 0 Å². The van der Waals surface area contributed by atoms with E-state index in [2.05, 4.69) is 15.6 Å². The first-order chi connectivity index (χ1) is 9.38. The topological polar surface area (TPSA) is 75.8 Å². The predicted molar refractivity (Wildman–Crippen MR) is 69.3 cm³/mol. The average Bonchev–Trinajstić information content (AvgIpc) is 2.95. The van der Waals surface area contributed by atoms with Crippen molar-refractivity contribution in [1.82, 2.24) is 20.3 Å². The van der Waals surface area contributed by atoms with Crippen molar-refractivity contribution in [1.29, 1.82) is 5.26 Å². The summed E-state index contributed by atoms with van der Waals surface area (Å²) in [6, 6.07) is 9.66. The molecule has 1 aromatic heterocycles. The number of benzene rings is 1.